The van der Waals surface area contributed by atoms with Gasteiger partial charge in [-0.3, -0.25) is 14.5 Å². The lowest BCUT2D eigenvalue weighted by atomic mass is 9.80. The molecule has 1 amide bonds. The number of hydrogen-bond donors (Lipinski definition) is 1. The van der Waals surface area contributed by atoms with Crippen LogP contribution < -0.4 is 10.9 Å². The highest BCUT2D eigenvalue weighted by atomic mass is 32.1. The molecule has 1 N–H and O–H groups in total. The topological polar surface area (TPSA) is 54.3 Å². The van der Waals surface area contributed by atoms with E-state index in [1.165, 1.54) is 17.4 Å². The van der Waals surface area contributed by atoms with E-state index in [0.717, 1.165) is 27.9 Å². The van der Waals surface area contributed by atoms with Crippen molar-refractivity contribution in [3.8, 4) is 0 Å². The number of nitrogens with one attached hydrogen (secondary N) is 1. The lowest BCUT2D eigenvalue weighted by Crippen LogP contribution is -2.43. The van der Waals surface area contributed by atoms with Gasteiger partial charge in [0.1, 0.15) is 4.83 Å². The number of carbonyl (C=O) groups excluding carboxylic acids is 1. The quantitative estimate of drug-likeness (QED) is 0.357. The Morgan fingerprint density at radius 1 is 1.05 bits per heavy atom. The van der Waals surface area contributed by atoms with Crippen LogP contribution >= 0.6 is 11.3 Å². The summed E-state index contributed by atoms with van der Waals surface area (Å²) in [4.78, 5) is 29.5. The summed E-state index contributed by atoms with van der Waals surface area (Å²) in [6.45, 7) is 1.23. The molecule has 2 aliphatic rings. The van der Waals surface area contributed by atoms with Crippen LogP contribution in [0.25, 0.3) is 10.2 Å². The Balaban J connectivity index is 1.32. The van der Waals surface area contributed by atoms with Crippen molar-refractivity contribution < 1.29 is 31.1 Å². The molecule has 5 nitrogen and oxygen atoms in total. The van der Waals surface area contributed by atoms with E-state index in [1.54, 1.807) is 17.7 Å². The minimum absolute atomic E-state index is 0.0840. The molecule has 5 rings (SSSR count). The number of benzene rings is 1. The SMILES string of the molecule is Cn1c(=O)ccc2cc(CN3CCC(CC4CC4)(C(=O)NCc4cc(C(F)(F)F)cc(C(F)(F)F)c4)C3)sc21. The maximum absolute atomic E-state index is 13.5. The molecule has 39 heavy (non-hydrogen) atoms. The van der Waals surface area contributed by atoms with Crippen LogP contribution in [0.15, 0.2) is 41.2 Å². The number of thiophene rings is 1. The first-order chi connectivity index (χ1) is 18.2. The van der Waals surface area contributed by atoms with E-state index in [0.29, 0.717) is 50.5 Å². The first-order valence-electron chi connectivity index (χ1n) is 12.6. The Kier molecular flexibility index (Phi) is 7.07. The van der Waals surface area contributed by atoms with Gasteiger partial charge in [0, 0.05) is 43.0 Å². The first kappa shape index (κ1) is 27.7. The number of nitrogens with zero attached hydrogens (tertiary/aromatic N) is 2. The normalized spacial score (nSPS) is 20.6. The molecule has 1 aliphatic heterocycles. The van der Waals surface area contributed by atoms with Crippen molar-refractivity contribution in [1.29, 1.82) is 0 Å². The van der Waals surface area contributed by atoms with Crippen LogP contribution in [-0.2, 0) is 37.3 Å². The third-order valence-corrected chi connectivity index (χ3v) is 8.81. The molecular formula is C27H27F6N3O2S. The second-order valence-corrected chi connectivity index (χ2v) is 11.8. The Bertz CT molecular complexity index is 1420. The van der Waals surface area contributed by atoms with Gasteiger partial charge in [0.15, 0.2) is 0 Å². The van der Waals surface area contributed by atoms with Crippen LogP contribution in [0.2, 0.25) is 0 Å². The van der Waals surface area contributed by atoms with Crippen molar-refractivity contribution in [3.63, 3.8) is 0 Å². The highest BCUT2D eigenvalue weighted by Gasteiger charge is 2.47. The number of aromatic nitrogens is 1. The second kappa shape index (κ2) is 9.96. The molecule has 12 heteroatoms. The van der Waals surface area contributed by atoms with Crippen molar-refractivity contribution in [2.75, 3.05) is 13.1 Å². The second-order valence-electron chi connectivity index (χ2n) is 10.7. The molecule has 1 saturated heterocycles. The van der Waals surface area contributed by atoms with Gasteiger partial charge in [-0.25, -0.2) is 0 Å². The number of amides is 1. The predicted molar refractivity (Wildman–Crippen MR) is 135 cm³/mol. The van der Waals surface area contributed by atoms with Crippen LogP contribution in [0.5, 0.6) is 0 Å². The number of pyridine rings is 1. The maximum atomic E-state index is 13.5. The molecule has 3 aromatic rings. The van der Waals surface area contributed by atoms with Gasteiger partial charge in [-0.15, -0.1) is 11.3 Å². The highest BCUT2D eigenvalue weighted by Crippen LogP contribution is 2.46. The smallest absolute Gasteiger partial charge is 0.352 e. The molecule has 3 heterocycles. The molecule has 0 radical (unpaired) electrons. The van der Waals surface area contributed by atoms with Gasteiger partial charge in [-0.05, 0) is 61.2 Å². The van der Waals surface area contributed by atoms with Crippen molar-refractivity contribution in [3.05, 3.63) is 68.3 Å². The largest absolute Gasteiger partial charge is 0.416 e. The van der Waals surface area contributed by atoms with Crippen LogP contribution in [0.3, 0.4) is 0 Å². The van der Waals surface area contributed by atoms with Crippen LogP contribution in [0.1, 0.15) is 47.3 Å². The van der Waals surface area contributed by atoms with E-state index in [-0.39, 0.29) is 23.1 Å². The molecule has 210 valence electrons. The zero-order valence-corrected chi connectivity index (χ0v) is 21.9. The van der Waals surface area contributed by atoms with Crippen LogP contribution in [0.4, 0.5) is 26.3 Å². The summed E-state index contributed by atoms with van der Waals surface area (Å²) < 4.78 is 81.1. The van der Waals surface area contributed by atoms with Crippen LogP contribution in [0, 0.1) is 11.3 Å². The predicted octanol–water partition coefficient (Wildman–Crippen LogP) is 5.95. The molecule has 1 aromatic carbocycles. The number of carbonyl (C=O) groups is 1. The molecule has 2 fully saturated rings. The Hall–Kier alpha value is -2.86. The molecule has 1 unspecified atom stereocenters. The minimum Gasteiger partial charge on any atom is -0.352 e. The molecule has 2 aromatic heterocycles. The summed E-state index contributed by atoms with van der Waals surface area (Å²) in [5.74, 6) is 0.0431. The van der Waals surface area contributed by atoms with Gasteiger partial charge in [-0.2, -0.15) is 26.3 Å². The average Bonchev–Trinajstić information content (AvgIpc) is 3.42. The van der Waals surface area contributed by atoms with Crippen molar-refractivity contribution in [2.45, 2.75) is 51.1 Å². The van der Waals surface area contributed by atoms with E-state index in [9.17, 15) is 35.9 Å². The molecule has 1 saturated carbocycles. The molecular weight excluding hydrogens is 544 g/mol. The van der Waals surface area contributed by atoms with Crippen molar-refractivity contribution in [1.82, 2.24) is 14.8 Å². The number of halogens is 6. The van der Waals surface area contributed by atoms with Gasteiger partial charge < -0.3 is 9.88 Å². The number of alkyl halides is 6. The highest BCUT2D eigenvalue weighted by molar-refractivity contribution is 7.18. The van der Waals surface area contributed by atoms with Gasteiger partial charge in [0.25, 0.3) is 5.56 Å². The number of likely N-dealkylation sites (tertiary alicyclic amines) is 1. The zero-order chi connectivity index (χ0) is 28.2. The molecule has 0 spiro atoms. The molecule has 1 aliphatic carbocycles. The first-order valence-corrected chi connectivity index (χ1v) is 13.4. The fourth-order valence-corrected chi connectivity index (χ4v) is 6.56. The summed E-state index contributed by atoms with van der Waals surface area (Å²) in [5, 5.41) is 3.61. The maximum Gasteiger partial charge on any atom is 0.416 e. The van der Waals surface area contributed by atoms with Crippen LogP contribution in [-0.4, -0.2) is 28.5 Å². The van der Waals surface area contributed by atoms with E-state index >= 15 is 0 Å². The average molecular weight is 572 g/mol. The van der Waals surface area contributed by atoms with Gasteiger partial charge in [-0.1, -0.05) is 12.8 Å². The van der Waals surface area contributed by atoms with E-state index in [2.05, 4.69) is 10.2 Å². The number of rotatable bonds is 7. The fourth-order valence-electron chi connectivity index (χ4n) is 5.40. The number of fused-ring (bicyclic) bond motifs is 1. The van der Waals surface area contributed by atoms with Gasteiger partial charge in [0.05, 0.1) is 16.5 Å². The van der Waals surface area contributed by atoms with Crippen molar-refractivity contribution in [2.24, 2.45) is 18.4 Å². The number of hydrogen-bond acceptors (Lipinski definition) is 4. The zero-order valence-electron chi connectivity index (χ0n) is 21.1. The Morgan fingerprint density at radius 2 is 1.72 bits per heavy atom. The van der Waals surface area contributed by atoms with E-state index in [1.807, 2.05) is 6.07 Å². The standard InChI is InChI=1S/C27H27F6N3O2S/c1-35-22(37)5-4-18-10-21(39-23(18)35)14-36-7-6-25(15-36,12-16-2-3-16)24(38)34-13-17-8-19(26(28,29)30)11-20(9-17)27(31,32)33/h4-5,8-11,16H,2-3,6-7,12-15H2,1H3,(H,34,38). The van der Waals surface area contributed by atoms with E-state index < -0.39 is 35.4 Å². The summed E-state index contributed by atoms with van der Waals surface area (Å²) in [6, 6.07) is 6.71. The fraction of sp³-hybridized carbons (Fsp3) is 0.481. The van der Waals surface area contributed by atoms with Crippen molar-refractivity contribution >= 4 is 27.5 Å². The number of aryl methyl sites for hydroxylation is 1. The Morgan fingerprint density at radius 3 is 2.33 bits per heavy atom. The van der Waals surface area contributed by atoms with Gasteiger partial charge in [0.2, 0.25) is 5.91 Å². The summed E-state index contributed by atoms with van der Waals surface area (Å²) in [6.07, 6.45) is -6.71. The summed E-state index contributed by atoms with van der Waals surface area (Å²) >= 11 is 1.51. The third kappa shape index (κ3) is 6.01. The van der Waals surface area contributed by atoms with Gasteiger partial charge >= 0.3 is 12.4 Å². The van der Waals surface area contributed by atoms with E-state index in [4.69, 9.17) is 0 Å². The lowest BCUT2D eigenvalue weighted by molar-refractivity contribution is -0.143. The summed E-state index contributed by atoms with van der Waals surface area (Å²) in [7, 11) is 1.72. The lowest BCUT2D eigenvalue weighted by Gasteiger charge is -2.28. The molecule has 0 bridgehead atoms. The third-order valence-electron chi connectivity index (χ3n) is 7.60. The Labute approximate surface area is 224 Å². The summed E-state index contributed by atoms with van der Waals surface area (Å²) in [5.41, 5.74) is -3.92. The molecule has 1 atom stereocenters. The monoisotopic (exact) mass is 571 g/mol. The minimum atomic E-state index is -4.95.